The molecule has 12 N–H and O–H groups in total. The van der Waals surface area contributed by atoms with Crippen LogP contribution in [0.2, 0.25) is 0 Å². The lowest BCUT2D eigenvalue weighted by Crippen LogP contribution is -2.49. The first-order chi connectivity index (χ1) is 20.5. The normalized spacial score (nSPS) is 12.8. The Labute approximate surface area is 256 Å². The van der Waals surface area contributed by atoms with Gasteiger partial charge in [-0.2, -0.15) is 0 Å². The largest absolute Gasteiger partial charge is 0.480 e. The molecule has 0 aliphatic heterocycles. The van der Waals surface area contributed by atoms with Gasteiger partial charge in [-0.25, -0.2) is 0 Å². The fraction of sp³-hybridized carbons (Fsp3) is 0.600. The first kappa shape index (κ1) is 41.7. The summed E-state index contributed by atoms with van der Waals surface area (Å²) in [5, 5.41) is 42.7. The number of nitrogens with two attached hydrogens (primary N) is 2. The van der Waals surface area contributed by atoms with Gasteiger partial charge in [-0.1, -0.05) is 0 Å². The SMILES string of the molecule is N[C@@H](CCC(=O)N[C@@H](CSN=O)C(=O)NCC(=O)O)C(=O)O.N[C@@H](CCC(=O)N[C@@H](CSN=O)C(=O)NCC(=O)O)C(=O)O. The van der Waals surface area contributed by atoms with Crippen LogP contribution in [0, 0.1) is 9.81 Å². The second kappa shape index (κ2) is 24.1. The summed E-state index contributed by atoms with van der Waals surface area (Å²) < 4.78 is 4.96. The highest BCUT2D eigenvalue weighted by molar-refractivity contribution is 7.98. The Balaban J connectivity index is 0. The summed E-state index contributed by atoms with van der Waals surface area (Å²) in [7, 11) is 0. The molecule has 0 rings (SSSR count). The van der Waals surface area contributed by atoms with E-state index >= 15 is 0 Å². The molecule has 0 spiro atoms. The molecule has 0 unspecified atom stereocenters. The van der Waals surface area contributed by atoms with E-state index in [1.807, 2.05) is 0 Å². The summed E-state index contributed by atoms with van der Waals surface area (Å²) in [6.07, 6.45) is -0.752. The van der Waals surface area contributed by atoms with Gasteiger partial charge in [0.2, 0.25) is 23.6 Å². The number of aliphatic carboxylic acids is 4. The van der Waals surface area contributed by atoms with Crippen LogP contribution in [0.4, 0.5) is 0 Å². The van der Waals surface area contributed by atoms with E-state index in [4.69, 9.17) is 31.9 Å². The van der Waals surface area contributed by atoms with Gasteiger partial charge in [-0.3, -0.25) is 38.4 Å². The first-order valence-corrected chi connectivity index (χ1v) is 13.9. The molecule has 0 bridgehead atoms. The second-order valence-corrected chi connectivity index (χ2v) is 9.65. The minimum Gasteiger partial charge on any atom is -0.480 e. The summed E-state index contributed by atoms with van der Waals surface area (Å²) in [6.45, 7) is -1.29. The molecule has 0 aliphatic rings. The minimum atomic E-state index is -1.27. The van der Waals surface area contributed by atoms with Gasteiger partial charge in [0.15, 0.2) is 0 Å². The third kappa shape index (κ3) is 22.2. The molecular formula is C20H32N8O14S2. The van der Waals surface area contributed by atoms with Crippen molar-refractivity contribution in [3.05, 3.63) is 9.81 Å². The lowest BCUT2D eigenvalue weighted by molar-refractivity contribution is -0.140. The molecule has 0 saturated heterocycles. The molecule has 4 amide bonds. The minimum absolute atomic E-state index is 0.135. The number of rotatable bonds is 22. The van der Waals surface area contributed by atoms with Crippen molar-refractivity contribution in [2.45, 2.75) is 49.9 Å². The van der Waals surface area contributed by atoms with Gasteiger partial charge < -0.3 is 53.2 Å². The number of nitrogens with zero attached hydrogens (tertiary/aromatic N) is 2. The number of hydrogen-bond acceptors (Lipinski definition) is 16. The van der Waals surface area contributed by atoms with E-state index in [1.54, 1.807) is 0 Å². The molecule has 0 radical (unpaired) electrons. The summed E-state index contributed by atoms with van der Waals surface area (Å²) in [6, 6.07) is -4.77. The van der Waals surface area contributed by atoms with E-state index in [0.717, 1.165) is 0 Å². The molecule has 4 atom stereocenters. The van der Waals surface area contributed by atoms with Crippen molar-refractivity contribution >= 4 is 71.4 Å². The monoisotopic (exact) mass is 672 g/mol. The van der Waals surface area contributed by atoms with Crippen molar-refractivity contribution in [2.75, 3.05) is 24.6 Å². The zero-order chi connectivity index (χ0) is 34.2. The predicted molar refractivity (Wildman–Crippen MR) is 151 cm³/mol. The molecule has 24 heteroatoms. The van der Waals surface area contributed by atoms with Gasteiger partial charge in [0.1, 0.15) is 37.3 Å². The van der Waals surface area contributed by atoms with Crippen molar-refractivity contribution < 1.29 is 58.8 Å². The van der Waals surface area contributed by atoms with Crippen LogP contribution in [0.5, 0.6) is 0 Å². The molecule has 0 aromatic carbocycles. The van der Waals surface area contributed by atoms with Gasteiger partial charge in [0.05, 0.1) is 0 Å². The maximum atomic E-state index is 11.7. The van der Waals surface area contributed by atoms with Crippen molar-refractivity contribution in [3.63, 3.8) is 0 Å². The molecule has 0 fully saturated rings. The maximum Gasteiger partial charge on any atom is 0.322 e. The Morgan fingerprint density at radius 2 is 0.932 bits per heavy atom. The average molecular weight is 673 g/mol. The first-order valence-electron chi connectivity index (χ1n) is 12.0. The zero-order valence-electron chi connectivity index (χ0n) is 22.7. The number of carbonyl (C=O) groups is 8. The lowest BCUT2D eigenvalue weighted by Gasteiger charge is -2.16. The van der Waals surface area contributed by atoms with Gasteiger partial charge in [0.25, 0.3) is 0 Å². The van der Waals surface area contributed by atoms with E-state index < -0.39 is 84.8 Å². The van der Waals surface area contributed by atoms with Gasteiger partial charge in [0, 0.05) is 57.4 Å². The van der Waals surface area contributed by atoms with Gasteiger partial charge in [-0.05, 0) is 12.8 Å². The summed E-state index contributed by atoms with van der Waals surface area (Å²) in [5.41, 5.74) is 10.5. The highest BCUT2D eigenvalue weighted by Gasteiger charge is 2.24. The van der Waals surface area contributed by atoms with Crippen molar-refractivity contribution in [2.24, 2.45) is 20.6 Å². The number of carboxylic acids is 4. The van der Waals surface area contributed by atoms with Crippen LogP contribution < -0.4 is 32.7 Å². The van der Waals surface area contributed by atoms with Crippen LogP contribution in [-0.2, 0) is 38.4 Å². The summed E-state index contributed by atoms with van der Waals surface area (Å²) in [4.78, 5) is 108. The number of nitrogens with one attached hydrogen (secondary N) is 4. The Bertz CT molecular complexity index is 970. The van der Waals surface area contributed by atoms with E-state index in [0.29, 0.717) is 23.9 Å². The standard InChI is InChI=1S/2C10H16N4O7S/c2*11-5(10(19)20)1-2-7(15)13-6(4-22-14-21)9(18)12-3-8(16)17/h2*5-6H,1-4,11H2,(H,12,18)(H,13,15)(H,16,17)(H,19,20)/t2*5-,6-/m00/s1. The van der Waals surface area contributed by atoms with E-state index in [9.17, 15) is 48.2 Å². The Hall–Kier alpha value is -4.42. The highest BCUT2D eigenvalue weighted by Crippen LogP contribution is 2.06. The molecule has 248 valence electrons. The smallest absolute Gasteiger partial charge is 0.322 e. The van der Waals surface area contributed by atoms with Gasteiger partial charge >= 0.3 is 23.9 Å². The van der Waals surface area contributed by atoms with Crippen LogP contribution >= 0.6 is 23.9 Å². The molecule has 0 aromatic heterocycles. The van der Waals surface area contributed by atoms with E-state index in [2.05, 4.69) is 30.4 Å². The third-order valence-electron chi connectivity index (χ3n) is 4.72. The lowest BCUT2D eigenvalue weighted by atomic mass is 10.1. The van der Waals surface area contributed by atoms with E-state index in [1.165, 1.54) is 0 Å². The molecule has 0 aliphatic carbocycles. The topological polar surface area (TPSA) is 376 Å². The number of carboxylic acid groups (broad SMARTS) is 4. The predicted octanol–water partition coefficient (Wildman–Crippen LogP) is -3.44. The Morgan fingerprint density at radius 3 is 1.18 bits per heavy atom. The molecule has 0 saturated carbocycles. The molecule has 22 nitrogen and oxygen atoms in total. The van der Waals surface area contributed by atoms with Crippen LogP contribution in [0.3, 0.4) is 0 Å². The Kier molecular flexibility index (Phi) is 22.8. The van der Waals surface area contributed by atoms with Crippen molar-refractivity contribution in [1.82, 2.24) is 21.3 Å². The molecular weight excluding hydrogens is 640 g/mol. The molecule has 44 heavy (non-hydrogen) atoms. The van der Waals surface area contributed by atoms with Crippen LogP contribution in [0.1, 0.15) is 25.7 Å². The van der Waals surface area contributed by atoms with Crippen LogP contribution in [0.15, 0.2) is 9.16 Å². The maximum absolute atomic E-state index is 11.7. The second-order valence-electron chi connectivity index (χ2n) is 8.17. The third-order valence-corrected chi connectivity index (χ3v) is 5.89. The molecule has 0 heterocycles. The van der Waals surface area contributed by atoms with Crippen LogP contribution in [-0.4, -0.2) is 117 Å². The quantitative estimate of drug-likeness (QED) is 0.0395. The fourth-order valence-electron chi connectivity index (χ4n) is 2.50. The Morgan fingerprint density at radius 1 is 0.614 bits per heavy atom. The van der Waals surface area contributed by atoms with E-state index in [-0.39, 0.29) is 37.2 Å². The highest BCUT2D eigenvalue weighted by atomic mass is 32.2. The van der Waals surface area contributed by atoms with Crippen LogP contribution in [0.25, 0.3) is 0 Å². The van der Waals surface area contributed by atoms with Crippen molar-refractivity contribution in [1.29, 1.82) is 0 Å². The number of hydrogen-bond donors (Lipinski definition) is 10. The zero-order valence-corrected chi connectivity index (χ0v) is 24.3. The number of nitroso groups, excluding NO2 is 2. The summed E-state index contributed by atoms with van der Waals surface area (Å²) in [5.74, 6) is -8.34. The molecule has 0 aromatic rings. The number of carbonyl (C=O) groups excluding carboxylic acids is 4. The average Bonchev–Trinajstić information content (AvgIpc) is 2.96. The van der Waals surface area contributed by atoms with Gasteiger partial charge in [-0.15, -0.1) is 9.81 Å². The summed E-state index contributed by atoms with van der Waals surface area (Å²) >= 11 is 0.955. The number of amides is 4. The fourth-order valence-corrected chi connectivity index (χ4v) is 3.39. The van der Waals surface area contributed by atoms with Crippen molar-refractivity contribution in [3.8, 4) is 0 Å².